The molecule has 1 unspecified atom stereocenters. The van der Waals surface area contributed by atoms with Crippen molar-refractivity contribution < 1.29 is 0 Å². The highest BCUT2D eigenvalue weighted by Gasteiger charge is 2.10. The van der Waals surface area contributed by atoms with Crippen molar-refractivity contribution >= 4 is 11.6 Å². The number of rotatable bonds is 4. The van der Waals surface area contributed by atoms with Crippen molar-refractivity contribution in [2.45, 2.75) is 31.7 Å². The Morgan fingerprint density at radius 1 is 1.18 bits per heavy atom. The Kier molecular flexibility index (Phi) is 5.30. The van der Waals surface area contributed by atoms with E-state index in [1.54, 1.807) is 0 Å². The molecule has 0 spiro atoms. The smallest absolute Gasteiger partial charge is 0.0406 e. The molecule has 0 aromatic heterocycles. The Morgan fingerprint density at radius 2 is 2.00 bits per heavy atom. The molecule has 0 amide bonds. The molecule has 0 saturated carbocycles. The second-order valence-electron chi connectivity index (χ2n) is 4.71. The summed E-state index contributed by atoms with van der Waals surface area (Å²) in [6.07, 6.45) is 4.92. The van der Waals surface area contributed by atoms with Crippen LogP contribution in [0, 0.1) is 0 Å². The normalized spacial score (nSPS) is 21.1. The van der Waals surface area contributed by atoms with Crippen LogP contribution >= 0.6 is 11.6 Å². The third kappa shape index (κ3) is 4.66. The Balaban J connectivity index is 1.69. The topological polar surface area (TPSA) is 24.1 Å². The van der Waals surface area contributed by atoms with Gasteiger partial charge in [-0.2, -0.15) is 0 Å². The molecule has 1 fully saturated rings. The van der Waals surface area contributed by atoms with Gasteiger partial charge in [0, 0.05) is 11.1 Å². The molecule has 0 aliphatic carbocycles. The van der Waals surface area contributed by atoms with Crippen molar-refractivity contribution in [1.82, 2.24) is 10.6 Å². The predicted molar refractivity (Wildman–Crippen MR) is 73.7 cm³/mol. The maximum Gasteiger partial charge on any atom is 0.0406 e. The first kappa shape index (κ1) is 12.9. The molecule has 1 aliphatic heterocycles. The van der Waals surface area contributed by atoms with E-state index in [1.807, 2.05) is 12.1 Å². The summed E-state index contributed by atoms with van der Waals surface area (Å²) in [6, 6.07) is 8.84. The zero-order valence-corrected chi connectivity index (χ0v) is 11.0. The standard InChI is InChI=1S/C14H21ClN2/c15-13-5-3-12(4-6-13)7-11-17-14-2-1-9-16-10-8-14/h3-6,14,16-17H,1-2,7-11H2. The number of hydrogen-bond acceptors (Lipinski definition) is 2. The van der Waals surface area contributed by atoms with E-state index < -0.39 is 0 Å². The maximum atomic E-state index is 5.86. The van der Waals surface area contributed by atoms with Crippen molar-refractivity contribution in [3.8, 4) is 0 Å². The van der Waals surface area contributed by atoms with Gasteiger partial charge in [0.1, 0.15) is 0 Å². The molecule has 94 valence electrons. The quantitative estimate of drug-likeness (QED) is 0.861. The third-order valence-corrected chi connectivity index (χ3v) is 3.59. The Bertz CT molecular complexity index is 315. The fourth-order valence-corrected chi connectivity index (χ4v) is 2.42. The van der Waals surface area contributed by atoms with E-state index in [1.165, 1.54) is 31.4 Å². The van der Waals surface area contributed by atoms with Gasteiger partial charge in [0.05, 0.1) is 0 Å². The van der Waals surface area contributed by atoms with Crippen molar-refractivity contribution in [1.29, 1.82) is 0 Å². The summed E-state index contributed by atoms with van der Waals surface area (Å²) >= 11 is 5.86. The summed E-state index contributed by atoms with van der Waals surface area (Å²) in [5.41, 5.74) is 1.36. The van der Waals surface area contributed by atoms with Gasteiger partial charge in [0.25, 0.3) is 0 Å². The minimum Gasteiger partial charge on any atom is -0.317 e. The number of halogens is 1. The third-order valence-electron chi connectivity index (χ3n) is 3.34. The Morgan fingerprint density at radius 3 is 2.82 bits per heavy atom. The first-order valence-electron chi connectivity index (χ1n) is 6.53. The van der Waals surface area contributed by atoms with E-state index in [-0.39, 0.29) is 0 Å². The molecule has 1 saturated heterocycles. The highest BCUT2D eigenvalue weighted by atomic mass is 35.5. The molecule has 1 heterocycles. The van der Waals surface area contributed by atoms with E-state index >= 15 is 0 Å². The molecule has 2 rings (SSSR count). The lowest BCUT2D eigenvalue weighted by Crippen LogP contribution is -2.31. The van der Waals surface area contributed by atoms with Crippen LogP contribution in [-0.2, 0) is 6.42 Å². The lowest BCUT2D eigenvalue weighted by atomic mass is 10.1. The summed E-state index contributed by atoms with van der Waals surface area (Å²) in [5.74, 6) is 0. The molecule has 17 heavy (non-hydrogen) atoms. The maximum absolute atomic E-state index is 5.86. The van der Waals surface area contributed by atoms with Crippen molar-refractivity contribution in [3.05, 3.63) is 34.9 Å². The van der Waals surface area contributed by atoms with E-state index in [2.05, 4.69) is 22.8 Å². The van der Waals surface area contributed by atoms with E-state index in [9.17, 15) is 0 Å². The molecule has 1 aliphatic rings. The van der Waals surface area contributed by atoms with E-state index in [0.717, 1.165) is 24.5 Å². The van der Waals surface area contributed by atoms with Gasteiger partial charge in [0.15, 0.2) is 0 Å². The minimum atomic E-state index is 0.692. The summed E-state index contributed by atoms with van der Waals surface area (Å²) in [6.45, 7) is 3.39. The molecular weight excluding hydrogens is 232 g/mol. The average Bonchev–Trinajstić information content (AvgIpc) is 2.60. The van der Waals surface area contributed by atoms with Gasteiger partial charge in [-0.05, 0) is 63.0 Å². The van der Waals surface area contributed by atoms with Gasteiger partial charge in [-0.15, -0.1) is 0 Å². The van der Waals surface area contributed by atoms with Crippen molar-refractivity contribution in [2.24, 2.45) is 0 Å². The zero-order valence-electron chi connectivity index (χ0n) is 10.2. The molecular formula is C14H21ClN2. The highest BCUT2D eigenvalue weighted by Crippen LogP contribution is 2.10. The van der Waals surface area contributed by atoms with Crippen LogP contribution in [0.4, 0.5) is 0 Å². The second-order valence-corrected chi connectivity index (χ2v) is 5.14. The first-order valence-corrected chi connectivity index (χ1v) is 6.91. The highest BCUT2D eigenvalue weighted by molar-refractivity contribution is 6.30. The summed E-state index contributed by atoms with van der Waals surface area (Å²) in [4.78, 5) is 0. The molecule has 0 radical (unpaired) electrons. The Labute approximate surface area is 109 Å². The van der Waals surface area contributed by atoms with E-state index in [0.29, 0.717) is 6.04 Å². The predicted octanol–water partition coefficient (Wildman–Crippen LogP) is 2.61. The summed E-state index contributed by atoms with van der Waals surface area (Å²) in [5, 5.41) is 7.90. The molecule has 1 aromatic carbocycles. The van der Waals surface area contributed by atoms with Gasteiger partial charge in [-0.3, -0.25) is 0 Å². The number of hydrogen-bond donors (Lipinski definition) is 2. The van der Waals surface area contributed by atoms with Crippen molar-refractivity contribution in [3.63, 3.8) is 0 Å². The second kappa shape index (κ2) is 7.00. The van der Waals surface area contributed by atoms with Gasteiger partial charge in [-0.1, -0.05) is 23.7 Å². The molecule has 2 nitrogen and oxygen atoms in total. The number of benzene rings is 1. The fourth-order valence-electron chi connectivity index (χ4n) is 2.29. The molecule has 1 atom stereocenters. The molecule has 2 N–H and O–H groups in total. The first-order chi connectivity index (χ1) is 8.34. The van der Waals surface area contributed by atoms with Crippen LogP contribution in [0.2, 0.25) is 5.02 Å². The lowest BCUT2D eigenvalue weighted by molar-refractivity contribution is 0.472. The van der Waals surface area contributed by atoms with Crippen LogP contribution in [0.25, 0.3) is 0 Å². The van der Waals surface area contributed by atoms with Crippen LogP contribution in [-0.4, -0.2) is 25.7 Å². The Hall–Kier alpha value is -0.570. The van der Waals surface area contributed by atoms with Crippen LogP contribution in [0.1, 0.15) is 24.8 Å². The molecule has 1 aromatic rings. The fraction of sp³-hybridized carbons (Fsp3) is 0.571. The van der Waals surface area contributed by atoms with Gasteiger partial charge >= 0.3 is 0 Å². The van der Waals surface area contributed by atoms with Crippen molar-refractivity contribution in [2.75, 3.05) is 19.6 Å². The average molecular weight is 253 g/mol. The van der Waals surface area contributed by atoms with Gasteiger partial charge in [0.2, 0.25) is 0 Å². The van der Waals surface area contributed by atoms with E-state index in [4.69, 9.17) is 11.6 Å². The summed E-state index contributed by atoms with van der Waals surface area (Å²) < 4.78 is 0. The van der Waals surface area contributed by atoms with Gasteiger partial charge in [-0.25, -0.2) is 0 Å². The minimum absolute atomic E-state index is 0.692. The van der Waals surface area contributed by atoms with Crippen LogP contribution < -0.4 is 10.6 Å². The van der Waals surface area contributed by atoms with Crippen LogP contribution in [0.3, 0.4) is 0 Å². The summed E-state index contributed by atoms with van der Waals surface area (Å²) in [7, 11) is 0. The van der Waals surface area contributed by atoms with Gasteiger partial charge < -0.3 is 10.6 Å². The lowest BCUT2D eigenvalue weighted by Gasteiger charge is -2.15. The SMILES string of the molecule is Clc1ccc(CCNC2CCCNCC2)cc1. The van der Waals surface area contributed by atoms with Crippen LogP contribution in [0.15, 0.2) is 24.3 Å². The molecule has 0 bridgehead atoms. The largest absolute Gasteiger partial charge is 0.317 e. The zero-order chi connectivity index (χ0) is 11.9. The van der Waals surface area contributed by atoms with Crippen LogP contribution in [0.5, 0.6) is 0 Å². The number of nitrogens with one attached hydrogen (secondary N) is 2. The monoisotopic (exact) mass is 252 g/mol. The molecule has 3 heteroatoms.